The number of carbonyl (C=O) groups is 1. The van der Waals surface area contributed by atoms with E-state index in [1.165, 1.54) is 24.3 Å². The molecule has 0 spiro atoms. The number of carboxylic acids is 1. The fourth-order valence-corrected chi connectivity index (χ4v) is 1.45. The lowest BCUT2D eigenvalue weighted by Crippen LogP contribution is -1.94. The number of benzene rings is 2. The molecule has 0 saturated heterocycles. The summed E-state index contributed by atoms with van der Waals surface area (Å²) in [4.78, 5) is 10.6. The van der Waals surface area contributed by atoms with Crippen molar-refractivity contribution in [1.29, 1.82) is 0 Å². The van der Waals surface area contributed by atoms with Crippen molar-refractivity contribution in [1.82, 2.24) is 0 Å². The van der Waals surface area contributed by atoms with Gasteiger partial charge < -0.3 is 5.11 Å². The van der Waals surface area contributed by atoms with Gasteiger partial charge in [0.2, 0.25) is 0 Å². The van der Waals surface area contributed by atoms with Gasteiger partial charge in [-0.2, -0.15) is 0 Å². The van der Waals surface area contributed by atoms with E-state index in [0.29, 0.717) is 0 Å². The Morgan fingerprint density at radius 2 is 1.29 bits per heavy atom. The van der Waals surface area contributed by atoms with E-state index in [4.69, 9.17) is 5.11 Å². The fourth-order valence-electron chi connectivity index (χ4n) is 1.45. The van der Waals surface area contributed by atoms with Gasteiger partial charge in [-0.1, -0.05) is 24.3 Å². The van der Waals surface area contributed by atoms with E-state index in [1.807, 2.05) is 0 Å². The highest BCUT2D eigenvalue weighted by Gasteiger charge is 2.02. The first kappa shape index (κ1) is 13.2. The molecule has 88 valence electrons. The highest BCUT2D eigenvalue weighted by atomic mass is 35.5. The highest BCUT2D eigenvalue weighted by molar-refractivity contribution is 5.88. The van der Waals surface area contributed by atoms with Crippen LogP contribution in [0.4, 0.5) is 4.39 Å². The van der Waals surface area contributed by atoms with Crippen LogP contribution in [-0.4, -0.2) is 11.1 Å². The molecule has 2 nitrogen and oxygen atoms in total. The molecule has 0 fully saturated rings. The van der Waals surface area contributed by atoms with Gasteiger partial charge in [0, 0.05) is 0 Å². The lowest BCUT2D eigenvalue weighted by molar-refractivity contribution is 0.0697. The molecule has 0 aliphatic heterocycles. The molecule has 2 aromatic carbocycles. The monoisotopic (exact) mass is 252 g/mol. The highest BCUT2D eigenvalue weighted by Crippen LogP contribution is 2.19. The van der Waals surface area contributed by atoms with Crippen LogP contribution in [0.1, 0.15) is 10.4 Å². The summed E-state index contributed by atoms with van der Waals surface area (Å²) in [5.41, 5.74) is 1.97. The van der Waals surface area contributed by atoms with Crippen molar-refractivity contribution in [3.8, 4) is 11.1 Å². The Labute approximate surface area is 104 Å². The number of aromatic carboxylic acids is 1. The Balaban J connectivity index is 0.00000144. The molecule has 0 saturated carbocycles. The summed E-state index contributed by atoms with van der Waals surface area (Å²) in [7, 11) is 0. The molecule has 2 aromatic rings. The minimum Gasteiger partial charge on any atom is -0.478 e. The molecule has 0 aliphatic rings. The van der Waals surface area contributed by atoms with Crippen LogP contribution in [0.2, 0.25) is 0 Å². The van der Waals surface area contributed by atoms with Gasteiger partial charge in [-0.25, -0.2) is 9.18 Å². The first-order valence-electron chi connectivity index (χ1n) is 4.76. The van der Waals surface area contributed by atoms with Crippen LogP contribution < -0.4 is 0 Å². The van der Waals surface area contributed by atoms with Crippen LogP contribution in [0.5, 0.6) is 0 Å². The van der Waals surface area contributed by atoms with E-state index in [2.05, 4.69) is 0 Å². The van der Waals surface area contributed by atoms with Crippen LogP contribution in [0, 0.1) is 5.82 Å². The molecule has 0 radical (unpaired) electrons. The largest absolute Gasteiger partial charge is 0.478 e. The summed E-state index contributed by atoms with van der Waals surface area (Å²) in [6.45, 7) is 0. The maximum Gasteiger partial charge on any atom is 0.335 e. The van der Waals surface area contributed by atoms with E-state index in [1.54, 1.807) is 24.3 Å². The van der Waals surface area contributed by atoms with Crippen molar-refractivity contribution in [2.75, 3.05) is 0 Å². The van der Waals surface area contributed by atoms with Crippen molar-refractivity contribution >= 4 is 18.4 Å². The molecule has 0 aromatic heterocycles. The Morgan fingerprint density at radius 1 is 0.882 bits per heavy atom. The average molecular weight is 253 g/mol. The standard InChI is InChI=1S/C13H9FO2.ClH/c14-12-7-5-10(6-8-12)9-1-3-11(4-2-9)13(15)16;/h1-8H,(H,15,16);1H. The molecule has 0 unspecified atom stereocenters. The van der Waals surface area contributed by atoms with Crippen molar-refractivity contribution in [3.63, 3.8) is 0 Å². The average Bonchev–Trinajstić information content (AvgIpc) is 2.30. The van der Waals surface area contributed by atoms with E-state index < -0.39 is 5.97 Å². The Morgan fingerprint density at radius 3 is 1.71 bits per heavy atom. The summed E-state index contributed by atoms with van der Waals surface area (Å²) in [6, 6.07) is 12.5. The van der Waals surface area contributed by atoms with Crippen LogP contribution in [0.25, 0.3) is 11.1 Å². The maximum atomic E-state index is 12.7. The quantitative estimate of drug-likeness (QED) is 0.886. The fraction of sp³-hybridized carbons (Fsp3) is 0. The summed E-state index contributed by atoms with van der Waals surface area (Å²) in [5, 5.41) is 8.73. The van der Waals surface area contributed by atoms with Crippen molar-refractivity contribution in [2.24, 2.45) is 0 Å². The zero-order chi connectivity index (χ0) is 11.5. The van der Waals surface area contributed by atoms with Crippen molar-refractivity contribution in [2.45, 2.75) is 0 Å². The lowest BCUT2D eigenvalue weighted by atomic mass is 10.0. The number of hydrogen-bond donors (Lipinski definition) is 1. The molecule has 1 N–H and O–H groups in total. The van der Waals surface area contributed by atoms with Gasteiger partial charge in [-0.3, -0.25) is 0 Å². The smallest absolute Gasteiger partial charge is 0.335 e. The lowest BCUT2D eigenvalue weighted by Gasteiger charge is -2.01. The zero-order valence-electron chi connectivity index (χ0n) is 8.76. The predicted molar refractivity (Wildman–Crippen MR) is 66.0 cm³/mol. The first-order chi connectivity index (χ1) is 7.66. The molecule has 17 heavy (non-hydrogen) atoms. The second kappa shape index (κ2) is 5.46. The Hall–Kier alpha value is -1.87. The molecule has 4 heteroatoms. The molecule has 0 bridgehead atoms. The Bertz CT molecular complexity index is 506. The summed E-state index contributed by atoms with van der Waals surface area (Å²) in [6.07, 6.45) is 0. The summed E-state index contributed by atoms with van der Waals surface area (Å²) >= 11 is 0. The van der Waals surface area contributed by atoms with Crippen molar-refractivity contribution in [3.05, 3.63) is 59.9 Å². The minimum atomic E-state index is -0.953. The SMILES string of the molecule is Cl.O=C(O)c1ccc(-c2ccc(F)cc2)cc1. The first-order valence-corrected chi connectivity index (χ1v) is 4.76. The van der Waals surface area contributed by atoms with E-state index in [9.17, 15) is 9.18 Å². The number of carboxylic acid groups (broad SMARTS) is 1. The van der Waals surface area contributed by atoms with Crippen LogP contribution >= 0.6 is 12.4 Å². The maximum absolute atomic E-state index is 12.7. The third-order valence-electron chi connectivity index (χ3n) is 2.31. The minimum absolute atomic E-state index is 0. The van der Waals surface area contributed by atoms with E-state index in [0.717, 1.165) is 11.1 Å². The van der Waals surface area contributed by atoms with Gasteiger partial charge in [0.05, 0.1) is 5.56 Å². The normalized spacial score (nSPS) is 9.47. The molecule has 2 rings (SSSR count). The van der Waals surface area contributed by atoms with Gasteiger partial charge >= 0.3 is 5.97 Å². The number of halogens is 2. The van der Waals surface area contributed by atoms with Gasteiger partial charge in [-0.15, -0.1) is 12.4 Å². The topological polar surface area (TPSA) is 37.3 Å². The Kier molecular flexibility index (Phi) is 4.24. The zero-order valence-corrected chi connectivity index (χ0v) is 9.58. The predicted octanol–water partition coefficient (Wildman–Crippen LogP) is 3.61. The molecule has 0 amide bonds. The third kappa shape index (κ3) is 3.04. The molecular formula is C13H10ClFO2. The van der Waals surface area contributed by atoms with Crippen LogP contribution in [0.3, 0.4) is 0 Å². The molecular weight excluding hydrogens is 243 g/mol. The van der Waals surface area contributed by atoms with E-state index in [-0.39, 0.29) is 23.8 Å². The summed E-state index contributed by atoms with van der Waals surface area (Å²) < 4.78 is 12.7. The van der Waals surface area contributed by atoms with Crippen LogP contribution in [-0.2, 0) is 0 Å². The van der Waals surface area contributed by atoms with Gasteiger partial charge in [0.25, 0.3) is 0 Å². The van der Waals surface area contributed by atoms with E-state index >= 15 is 0 Å². The van der Waals surface area contributed by atoms with Gasteiger partial charge in [-0.05, 0) is 35.4 Å². The third-order valence-corrected chi connectivity index (χ3v) is 2.31. The second-order valence-corrected chi connectivity index (χ2v) is 3.39. The van der Waals surface area contributed by atoms with Gasteiger partial charge in [0.15, 0.2) is 0 Å². The van der Waals surface area contributed by atoms with Crippen molar-refractivity contribution < 1.29 is 14.3 Å². The second-order valence-electron chi connectivity index (χ2n) is 3.39. The number of rotatable bonds is 2. The number of hydrogen-bond acceptors (Lipinski definition) is 1. The summed E-state index contributed by atoms with van der Waals surface area (Å²) in [5.74, 6) is -1.24. The van der Waals surface area contributed by atoms with Crippen LogP contribution in [0.15, 0.2) is 48.5 Å². The molecule has 0 atom stereocenters. The van der Waals surface area contributed by atoms with Gasteiger partial charge in [0.1, 0.15) is 5.82 Å². The molecule has 0 aliphatic carbocycles. The molecule has 0 heterocycles.